The fraction of sp³-hybridized carbons (Fsp3) is 0.706. The highest BCUT2D eigenvalue weighted by atomic mass is 16.1. The highest BCUT2D eigenvalue weighted by molar-refractivity contribution is 5.78. The average molecular weight is 304 g/mol. The van der Waals surface area contributed by atoms with Crippen LogP contribution >= 0.6 is 0 Å². The molecule has 0 radical (unpaired) electrons. The summed E-state index contributed by atoms with van der Waals surface area (Å²) in [6, 6.07) is 0.208. The number of hydrogen-bond acceptors (Lipinski definition) is 4. The van der Waals surface area contributed by atoms with Gasteiger partial charge >= 0.3 is 0 Å². The van der Waals surface area contributed by atoms with Crippen molar-refractivity contribution in [3.05, 3.63) is 23.8 Å². The summed E-state index contributed by atoms with van der Waals surface area (Å²) < 4.78 is 0. The standard InChI is InChI=1S/C17H28N4O/c1-4-5-8-18-17(22)15-7-6-9-21(12-15)14(3)16-11-19-13(2)10-20-16/h10-11,14-15H,4-9,12H2,1-3H3,(H,18,22). The molecule has 1 aliphatic rings. The molecule has 1 aliphatic heterocycles. The van der Waals surface area contributed by atoms with Crippen LogP contribution < -0.4 is 5.32 Å². The number of likely N-dealkylation sites (tertiary alicyclic amines) is 1. The molecule has 2 rings (SSSR count). The van der Waals surface area contributed by atoms with Crippen molar-refractivity contribution in [3.63, 3.8) is 0 Å². The van der Waals surface area contributed by atoms with E-state index in [4.69, 9.17) is 0 Å². The van der Waals surface area contributed by atoms with E-state index in [1.54, 1.807) is 0 Å². The van der Waals surface area contributed by atoms with Crippen LogP contribution in [0.15, 0.2) is 12.4 Å². The number of piperidine rings is 1. The Labute approximate surface area is 133 Å². The number of unbranched alkanes of at least 4 members (excludes halogenated alkanes) is 1. The second-order valence-corrected chi connectivity index (χ2v) is 6.24. The van der Waals surface area contributed by atoms with Gasteiger partial charge in [-0.25, -0.2) is 0 Å². The van der Waals surface area contributed by atoms with Gasteiger partial charge in [0.15, 0.2) is 0 Å². The molecule has 1 N–H and O–H groups in total. The number of rotatable bonds is 6. The lowest BCUT2D eigenvalue weighted by Gasteiger charge is -2.35. The Morgan fingerprint density at radius 1 is 1.45 bits per heavy atom. The van der Waals surface area contributed by atoms with Crippen molar-refractivity contribution in [2.24, 2.45) is 5.92 Å². The number of carbonyl (C=O) groups excluding carboxylic acids is 1. The minimum absolute atomic E-state index is 0.103. The lowest BCUT2D eigenvalue weighted by atomic mass is 9.95. The minimum Gasteiger partial charge on any atom is -0.356 e. The second kappa shape index (κ2) is 8.22. The number of amides is 1. The van der Waals surface area contributed by atoms with Gasteiger partial charge in [-0.05, 0) is 39.7 Å². The van der Waals surface area contributed by atoms with Crippen LogP contribution in [0.5, 0.6) is 0 Å². The molecule has 1 aromatic rings. The number of nitrogens with zero attached hydrogens (tertiary/aromatic N) is 3. The molecular weight excluding hydrogens is 276 g/mol. The van der Waals surface area contributed by atoms with Crippen LogP contribution in [0.1, 0.15) is 57.0 Å². The summed E-state index contributed by atoms with van der Waals surface area (Å²) >= 11 is 0. The number of nitrogens with one attached hydrogen (secondary N) is 1. The predicted octanol–water partition coefficient (Wildman–Crippen LogP) is 2.47. The normalized spacial score (nSPS) is 20.6. The van der Waals surface area contributed by atoms with Gasteiger partial charge in [0.25, 0.3) is 0 Å². The molecule has 0 aliphatic carbocycles. The highest BCUT2D eigenvalue weighted by Crippen LogP contribution is 2.25. The van der Waals surface area contributed by atoms with Crippen molar-refractivity contribution in [1.29, 1.82) is 0 Å². The van der Waals surface area contributed by atoms with E-state index in [1.165, 1.54) is 0 Å². The third kappa shape index (κ3) is 4.50. The van der Waals surface area contributed by atoms with Gasteiger partial charge in [-0.2, -0.15) is 0 Å². The summed E-state index contributed by atoms with van der Waals surface area (Å²) in [4.78, 5) is 23.4. The SMILES string of the molecule is CCCCNC(=O)C1CCCN(C(C)c2cnc(C)cn2)C1. The van der Waals surface area contributed by atoms with E-state index in [0.717, 1.165) is 56.7 Å². The summed E-state index contributed by atoms with van der Waals surface area (Å²) in [5, 5.41) is 3.07. The lowest BCUT2D eigenvalue weighted by Crippen LogP contribution is -2.44. The largest absolute Gasteiger partial charge is 0.356 e. The van der Waals surface area contributed by atoms with Gasteiger partial charge in [-0.1, -0.05) is 13.3 Å². The topological polar surface area (TPSA) is 58.1 Å². The molecule has 2 heterocycles. The Morgan fingerprint density at radius 3 is 2.95 bits per heavy atom. The van der Waals surface area contributed by atoms with Gasteiger partial charge < -0.3 is 5.32 Å². The summed E-state index contributed by atoms with van der Waals surface area (Å²) in [7, 11) is 0. The van der Waals surface area contributed by atoms with Crippen molar-refractivity contribution in [1.82, 2.24) is 20.2 Å². The minimum atomic E-state index is 0.103. The van der Waals surface area contributed by atoms with E-state index >= 15 is 0 Å². The van der Waals surface area contributed by atoms with Gasteiger partial charge in [0, 0.05) is 19.3 Å². The monoisotopic (exact) mass is 304 g/mol. The maximum atomic E-state index is 12.3. The molecule has 0 bridgehead atoms. The average Bonchev–Trinajstić information content (AvgIpc) is 2.55. The molecule has 1 saturated heterocycles. The molecule has 5 nitrogen and oxygen atoms in total. The Balaban J connectivity index is 1.92. The van der Waals surface area contributed by atoms with Gasteiger partial charge in [-0.3, -0.25) is 19.7 Å². The van der Waals surface area contributed by atoms with Crippen LogP contribution in [-0.2, 0) is 4.79 Å². The van der Waals surface area contributed by atoms with Crippen molar-refractivity contribution in [2.75, 3.05) is 19.6 Å². The fourth-order valence-corrected chi connectivity index (χ4v) is 2.91. The Kier molecular flexibility index (Phi) is 6.31. The summed E-state index contributed by atoms with van der Waals surface area (Å²) in [5.74, 6) is 0.312. The quantitative estimate of drug-likeness (QED) is 0.820. The summed E-state index contributed by atoms with van der Waals surface area (Å²) in [5.41, 5.74) is 1.92. The number of hydrogen-bond donors (Lipinski definition) is 1. The fourth-order valence-electron chi connectivity index (χ4n) is 2.91. The molecule has 22 heavy (non-hydrogen) atoms. The van der Waals surface area contributed by atoms with Gasteiger partial charge in [0.05, 0.1) is 29.5 Å². The zero-order chi connectivity index (χ0) is 15.9. The number of aryl methyl sites for hydroxylation is 1. The van der Waals surface area contributed by atoms with E-state index in [9.17, 15) is 4.79 Å². The Bertz CT molecular complexity index is 474. The number of carbonyl (C=O) groups is 1. The molecule has 5 heteroatoms. The third-order valence-electron chi connectivity index (χ3n) is 4.43. The van der Waals surface area contributed by atoms with Gasteiger partial charge in [0.1, 0.15) is 0 Å². The molecule has 0 saturated carbocycles. The van der Waals surface area contributed by atoms with E-state index in [0.29, 0.717) is 0 Å². The van der Waals surface area contributed by atoms with E-state index in [-0.39, 0.29) is 17.9 Å². The highest BCUT2D eigenvalue weighted by Gasteiger charge is 2.29. The van der Waals surface area contributed by atoms with Crippen LogP contribution in [0.25, 0.3) is 0 Å². The third-order valence-corrected chi connectivity index (χ3v) is 4.43. The smallest absolute Gasteiger partial charge is 0.224 e. The molecule has 2 atom stereocenters. The molecule has 1 aromatic heterocycles. The first-order valence-electron chi connectivity index (χ1n) is 8.42. The zero-order valence-corrected chi connectivity index (χ0v) is 14.0. The Morgan fingerprint density at radius 2 is 2.27 bits per heavy atom. The summed E-state index contributed by atoms with van der Waals surface area (Å²) in [6.45, 7) is 8.86. The van der Waals surface area contributed by atoms with Crippen molar-refractivity contribution in [2.45, 2.75) is 52.5 Å². The molecule has 0 aromatic carbocycles. The van der Waals surface area contributed by atoms with Gasteiger partial charge in [0.2, 0.25) is 5.91 Å². The first-order chi connectivity index (χ1) is 10.6. The molecule has 2 unspecified atom stereocenters. The van der Waals surface area contributed by atoms with Crippen LogP contribution in [0, 0.1) is 12.8 Å². The van der Waals surface area contributed by atoms with E-state index < -0.39 is 0 Å². The number of aromatic nitrogens is 2. The predicted molar refractivity (Wildman–Crippen MR) is 87.4 cm³/mol. The maximum absolute atomic E-state index is 12.3. The van der Waals surface area contributed by atoms with E-state index in [2.05, 4.69) is 34.0 Å². The van der Waals surface area contributed by atoms with Crippen LogP contribution in [0.4, 0.5) is 0 Å². The maximum Gasteiger partial charge on any atom is 0.224 e. The first kappa shape index (κ1) is 16.9. The summed E-state index contributed by atoms with van der Waals surface area (Å²) in [6.07, 6.45) is 7.88. The molecule has 122 valence electrons. The first-order valence-corrected chi connectivity index (χ1v) is 8.42. The zero-order valence-electron chi connectivity index (χ0n) is 14.0. The second-order valence-electron chi connectivity index (χ2n) is 6.24. The van der Waals surface area contributed by atoms with Crippen LogP contribution in [0.2, 0.25) is 0 Å². The Hall–Kier alpha value is -1.49. The van der Waals surface area contributed by atoms with Crippen molar-refractivity contribution >= 4 is 5.91 Å². The van der Waals surface area contributed by atoms with E-state index in [1.807, 2.05) is 19.3 Å². The van der Waals surface area contributed by atoms with Crippen molar-refractivity contribution in [3.8, 4) is 0 Å². The van der Waals surface area contributed by atoms with Crippen molar-refractivity contribution < 1.29 is 4.79 Å². The molecule has 0 spiro atoms. The van der Waals surface area contributed by atoms with Crippen LogP contribution in [0.3, 0.4) is 0 Å². The lowest BCUT2D eigenvalue weighted by molar-refractivity contribution is -0.127. The molecule has 1 amide bonds. The molecular formula is C17H28N4O. The van der Waals surface area contributed by atoms with Gasteiger partial charge in [-0.15, -0.1) is 0 Å². The van der Waals surface area contributed by atoms with Crippen LogP contribution in [-0.4, -0.2) is 40.4 Å². The molecule has 1 fully saturated rings.